The van der Waals surface area contributed by atoms with Gasteiger partial charge in [-0.2, -0.15) is 0 Å². The Morgan fingerprint density at radius 2 is 1.78 bits per heavy atom. The van der Waals surface area contributed by atoms with Crippen LogP contribution in [0.25, 0.3) is 10.2 Å². The predicted octanol–water partition coefficient (Wildman–Crippen LogP) is 1.73. The predicted molar refractivity (Wildman–Crippen MR) is 124 cm³/mol. The van der Waals surface area contributed by atoms with Crippen molar-refractivity contribution in [3.8, 4) is 0 Å². The van der Waals surface area contributed by atoms with E-state index in [9.17, 15) is 14.4 Å². The minimum atomic E-state index is -0.638. The fourth-order valence-electron chi connectivity index (χ4n) is 3.42. The summed E-state index contributed by atoms with van der Waals surface area (Å²) in [6.07, 6.45) is -0.638. The molecule has 0 spiro atoms. The first kappa shape index (κ1) is 26.0. The fraction of sp³-hybridized carbons (Fsp3) is 0.667. The standard InChI is InChI=1S/C21H34N4O6S/c1-13-14(10-23(19(22)27)11-15(30-6)31-7)32-18-16(13)17(26)25(12-21(2,3)4)20(28)24(18)8-9-29-5/h15H,8-12H2,1-7H3,(H2,22,27). The molecule has 0 radical (unpaired) electrons. The minimum Gasteiger partial charge on any atom is -0.383 e. The number of aryl methyl sites for hydroxylation is 1. The Bertz CT molecular complexity index is 1060. The molecule has 2 N–H and O–H groups in total. The van der Waals surface area contributed by atoms with Gasteiger partial charge in [-0.1, -0.05) is 20.8 Å². The lowest BCUT2D eigenvalue weighted by Gasteiger charge is -2.24. The molecule has 32 heavy (non-hydrogen) atoms. The number of fused-ring (bicyclic) bond motifs is 1. The second kappa shape index (κ2) is 10.6. The van der Waals surface area contributed by atoms with Gasteiger partial charge in [0.25, 0.3) is 5.56 Å². The number of urea groups is 1. The Morgan fingerprint density at radius 3 is 2.28 bits per heavy atom. The molecule has 0 aliphatic rings. The van der Waals surface area contributed by atoms with Gasteiger partial charge in [-0.15, -0.1) is 11.3 Å². The number of rotatable bonds is 10. The lowest BCUT2D eigenvalue weighted by Crippen LogP contribution is -2.42. The van der Waals surface area contributed by atoms with Crippen LogP contribution < -0.4 is 17.0 Å². The number of ether oxygens (including phenoxy) is 3. The summed E-state index contributed by atoms with van der Waals surface area (Å²) < 4.78 is 18.4. The number of hydrogen-bond acceptors (Lipinski definition) is 7. The van der Waals surface area contributed by atoms with E-state index in [2.05, 4.69) is 0 Å². The van der Waals surface area contributed by atoms with E-state index in [4.69, 9.17) is 19.9 Å². The molecule has 0 aliphatic carbocycles. The van der Waals surface area contributed by atoms with Crippen LogP contribution in [0.4, 0.5) is 4.79 Å². The summed E-state index contributed by atoms with van der Waals surface area (Å²) in [6.45, 7) is 8.96. The van der Waals surface area contributed by atoms with Crippen molar-refractivity contribution in [1.82, 2.24) is 14.0 Å². The van der Waals surface area contributed by atoms with E-state index in [0.717, 1.165) is 10.4 Å². The van der Waals surface area contributed by atoms with Gasteiger partial charge in [-0.3, -0.25) is 13.9 Å². The van der Waals surface area contributed by atoms with Gasteiger partial charge in [-0.25, -0.2) is 9.59 Å². The van der Waals surface area contributed by atoms with Crippen LogP contribution in [-0.2, 0) is 33.8 Å². The maximum Gasteiger partial charge on any atom is 0.332 e. The zero-order chi connectivity index (χ0) is 24.2. The second-order valence-corrected chi connectivity index (χ2v) is 9.91. The molecule has 0 atom stereocenters. The van der Waals surface area contributed by atoms with E-state index in [1.807, 2.05) is 27.7 Å². The lowest BCUT2D eigenvalue weighted by molar-refractivity contribution is -0.111. The van der Waals surface area contributed by atoms with Crippen LogP contribution in [0, 0.1) is 12.3 Å². The molecule has 0 aliphatic heterocycles. The van der Waals surface area contributed by atoms with Crippen LogP contribution >= 0.6 is 11.3 Å². The molecule has 180 valence electrons. The minimum absolute atomic E-state index is 0.126. The molecule has 2 heterocycles. The SMILES string of the molecule is COCCn1c(=O)n(CC(C)(C)C)c(=O)c2c(C)c(CN(CC(OC)OC)C(N)=O)sc21. The number of thiophene rings is 1. The van der Waals surface area contributed by atoms with Crippen molar-refractivity contribution in [1.29, 1.82) is 0 Å². The number of carbonyl (C=O) groups excluding carboxylic acids is 1. The van der Waals surface area contributed by atoms with Gasteiger partial charge >= 0.3 is 11.7 Å². The highest BCUT2D eigenvalue weighted by molar-refractivity contribution is 7.18. The molecule has 0 saturated carbocycles. The van der Waals surface area contributed by atoms with Crippen molar-refractivity contribution < 1.29 is 19.0 Å². The molecule has 2 aromatic rings. The summed E-state index contributed by atoms with van der Waals surface area (Å²) in [6, 6.07) is -0.636. The van der Waals surface area contributed by atoms with E-state index in [-0.39, 0.29) is 36.3 Å². The van der Waals surface area contributed by atoms with Crippen molar-refractivity contribution in [3.63, 3.8) is 0 Å². The van der Waals surface area contributed by atoms with E-state index in [1.54, 1.807) is 11.7 Å². The summed E-state index contributed by atoms with van der Waals surface area (Å²) >= 11 is 1.31. The van der Waals surface area contributed by atoms with Gasteiger partial charge in [0, 0.05) is 32.8 Å². The number of methoxy groups -OCH3 is 3. The second-order valence-electron chi connectivity index (χ2n) is 8.83. The Kier molecular flexibility index (Phi) is 8.63. The highest BCUT2D eigenvalue weighted by atomic mass is 32.1. The molecule has 2 aromatic heterocycles. The summed E-state index contributed by atoms with van der Waals surface area (Å²) in [5.41, 5.74) is 5.34. The van der Waals surface area contributed by atoms with Gasteiger partial charge in [0.2, 0.25) is 0 Å². The first-order valence-electron chi connectivity index (χ1n) is 10.3. The Morgan fingerprint density at radius 1 is 1.16 bits per heavy atom. The number of nitrogens with zero attached hydrogens (tertiary/aromatic N) is 3. The number of hydrogen-bond donors (Lipinski definition) is 1. The number of carbonyl (C=O) groups is 1. The van der Waals surface area contributed by atoms with Gasteiger partial charge < -0.3 is 24.8 Å². The van der Waals surface area contributed by atoms with E-state index >= 15 is 0 Å². The molecule has 0 fully saturated rings. The average molecular weight is 471 g/mol. The quantitative estimate of drug-likeness (QED) is 0.528. The Hall–Kier alpha value is -2.21. The van der Waals surface area contributed by atoms with Crippen LogP contribution in [-0.4, -0.2) is 60.8 Å². The van der Waals surface area contributed by atoms with Gasteiger partial charge in [0.05, 0.1) is 31.6 Å². The molecule has 2 rings (SSSR count). The molecule has 11 heteroatoms. The maximum atomic E-state index is 13.4. The first-order valence-corrected chi connectivity index (χ1v) is 11.1. The Balaban J connectivity index is 2.66. The van der Waals surface area contributed by atoms with Gasteiger partial charge in [0.1, 0.15) is 4.83 Å². The summed E-state index contributed by atoms with van der Waals surface area (Å²) in [4.78, 5) is 41.3. The highest BCUT2D eigenvalue weighted by Crippen LogP contribution is 2.29. The largest absolute Gasteiger partial charge is 0.383 e. The van der Waals surface area contributed by atoms with E-state index in [1.165, 1.54) is 35.0 Å². The number of nitrogens with two attached hydrogens (primary N) is 1. The lowest BCUT2D eigenvalue weighted by atomic mass is 9.97. The van der Waals surface area contributed by atoms with E-state index in [0.29, 0.717) is 23.4 Å². The van der Waals surface area contributed by atoms with Crippen LogP contribution in [0.2, 0.25) is 0 Å². The van der Waals surface area contributed by atoms with Crippen LogP contribution in [0.15, 0.2) is 9.59 Å². The third-order valence-corrected chi connectivity index (χ3v) is 6.39. The zero-order valence-electron chi connectivity index (χ0n) is 19.9. The topological polar surface area (TPSA) is 118 Å². The van der Waals surface area contributed by atoms with Gasteiger partial charge in [-0.05, 0) is 17.9 Å². The third kappa shape index (κ3) is 5.77. The zero-order valence-corrected chi connectivity index (χ0v) is 20.7. The van der Waals surface area contributed by atoms with Crippen LogP contribution in [0.5, 0.6) is 0 Å². The van der Waals surface area contributed by atoms with Crippen molar-refractivity contribution >= 4 is 27.6 Å². The molecule has 0 saturated heterocycles. The van der Waals surface area contributed by atoms with Crippen molar-refractivity contribution in [2.75, 3.05) is 34.5 Å². The van der Waals surface area contributed by atoms with Crippen molar-refractivity contribution in [3.05, 3.63) is 31.3 Å². The molecule has 10 nitrogen and oxygen atoms in total. The third-order valence-electron chi connectivity index (χ3n) is 5.09. The number of aromatic nitrogens is 2. The summed E-state index contributed by atoms with van der Waals surface area (Å²) in [5, 5.41) is 0.476. The molecule has 0 bridgehead atoms. The molecule has 0 unspecified atom stereocenters. The molecular weight excluding hydrogens is 436 g/mol. The maximum absolute atomic E-state index is 13.4. The van der Waals surface area contributed by atoms with Crippen LogP contribution in [0.1, 0.15) is 31.2 Å². The number of amides is 2. The summed E-state index contributed by atoms with van der Waals surface area (Å²) in [7, 11) is 4.51. The number of primary amides is 1. The molecule has 2 amide bonds. The van der Waals surface area contributed by atoms with Gasteiger partial charge in [0.15, 0.2) is 6.29 Å². The van der Waals surface area contributed by atoms with E-state index < -0.39 is 12.3 Å². The highest BCUT2D eigenvalue weighted by Gasteiger charge is 2.25. The summed E-state index contributed by atoms with van der Waals surface area (Å²) in [5.74, 6) is 0. The van der Waals surface area contributed by atoms with Crippen LogP contribution in [0.3, 0.4) is 0 Å². The molecular formula is C21H34N4O6S. The monoisotopic (exact) mass is 470 g/mol. The first-order chi connectivity index (χ1) is 14.9. The Labute approximate surface area is 191 Å². The smallest absolute Gasteiger partial charge is 0.332 e. The normalized spacial score (nSPS) is 12.1. The average Bonchev–Trinajstić information content (AvgIpc) is 3.03. The van der Waals surface area contributed by atoms with Crippen molar-refractivity contribution in [2.45, 2.75) is 53.6 Å². The molecule has 0 aromatic carbocycles. The fourth-order valence-corrected chi connectivity index (χ4v) is 4.75. The van der Waals surface area contributed by atoms with Crippen molar-refractivity contribution in [2.24, 2.45) is 11.1 Å².